The Bertz CT molecular complexity index is 1040. The second kappa shape index (κ2) is 6.85. The highest BCUT2D eigenvalue weighted by atomic mass is 16.2. The zero-order valence-corrected chi connectivity index (χ0v) is 14.1. The lowest BCUT2D eigenvalue weighted by molar-refractivity contribution is -0.117. The summed E-state index contributed by atoms with van der Waals surface area (Å²) in [5.74, 6) is -0.211. The minimum Gasteiger partial charge on any atom is -0.361 e. The van der Waals surface area contributed by atoms with Crippen molar-refractivity contribution in [2.45, 2.75) is 12.5 Å². The lowest BCUT2D eigenvalue weighted by atomic mass is 10.0. The van der Waals surface area contributed by atoms with Crippen LogP contribution in [0.25, 0.3) is 22.2 Å². The number of hydrogen-bond acceptors (Lipinski definition) is 3. The van der Waals surface area contributed by atoms with Crippen molar-refractivity contribution in [3.8, 4) is 11.3 Å². The van der Waals surface area contributed by atoms with Crippen LogP contribution >= 0.6 is 0 Å². The van der Waals surface area contributed by atoms with Crippen LogP contribution in [0.5, 0.6) is 0 Å². The molecule has 2 aromatic carbocycles. The van der Waals surface area contributed by atoms with Crippen LogP contribution in [0.3, 0.4) is 0 Å². The average Bonchev–Trinajstić information content (AvgIpc) is 3.32. The van der Waals surface area contributed by atoms with Gasteiger partial charge < -0.3 is 21.0 Å². The van der Waals surface area contributed by atoms with E-state index in [9.17, 15) is 4.79 Å². The Morgan fingerprint density at radius 1 is 1.15 bits per heavy atom. The number of H-pyrrole nitrogens is 2. The van der Waals surface area contributed by atoms with Crippen LogP contribution in [0.4, 0.5) is 5.69 Å². The fraction of sp³-hybridized carbons (Fsp3) is 0.100. The maximum Gasteiger partial charge on any atom is 0.241 e. The molecule has 2 heterocycles. The molecule has 1 amide bonds. The molecule has 0 fully saturated rings. The molecule has 6 heteroatoms. The van der Waals surface area contributed by atoms with Crippen LogP contribution in [0.2, 0.25) is 0 Å². The predicted octanol–water partition coefficient (Wildman–Crippen LogP) is 3.07. The molecule has 5 N–H and O–H groups in total. The van der Waals surface area contributed by atoms with E-state index in [2.05, 4.69) is 20.3 Å². The summed E-state index contributed by atoms with van der Waals surface area (Å²) >= 11 is 0. The molecule has 2 aromatic heterocycles. The van der Waals surface area contributed by atoms with Crippen molar-refractivity contribution in [1.29, 1.82) is 0 Å². The predicted molar refractivity (Wildman–Crippen MR) is 103 cm³/mol. The third-order valence-corrected chi connectivity index (χ3v) is 4.39. The van der Waals surface area contributed by atoms with E-state index >= 15 is 0 Å². The molecular weight excluding hydrogens is 326 g/mol. The standard InChI is InChI=1S/C20H19N5O/c21-17(9-14-10-23-18-7-2-1-6-16(14)18)20(26)25-15-5-3-4-13(8-15)19-11-22-12-24-19/h1-8,10-12,17,23H,9,21H2,(H,22,24)(H,25,26)/t17-/m0/s1. The summed E-state index contributed by atoms with van der Waals surface area (Å²) < 4.78 is 0. The topological polar surface area (TPSA) is 99.6 Å². The van der Waals surface area contributed by atoms with Crippen LogP contribution in [-0.2, 0) is 11.2 Å². The van der Waals surface area contributed by atoms with Crippen LogP contribution in [0, 0.1) is 0 Å². The number of nitrogens with two attached hydrogens (primary N) is 1. The van der Waals surface area contributed by atoms with Gasteiger partial charge in [-0.25, -0.2) is 4.98 Å². The molecule has 0 aliphatic rings. The molecule has 0 saturated heterocycles. The average molecular weight is 345 g/mol. The van der Waals surface area contributed by atoms with Gasteiger partial charge >= 0.3 is 0 Å². The van der Waals surface area contributed by atoms with E-state index in [-0.39, 0.29) is 5.91 Å². The number of anilines is 1. The van der Waals surface area contributed by atoms with Crippen LogP contribution in [0.15, 0.2) is 67.3 Å². The third-order valence-electron chi connectivity index (χ3n) is 4.39. The lowest BCUT2D eigenvalue weighted by Crippen LogP contribution is -2.37. The largest absolute Gasteiger partial charge is 0.361 e. The first kappa shape index (κ1) is 16.1. The molecule has 4 rings (SSSR count). The second-order valence-corrected chi connectivity index (χ2v) is 6.21. The quantitative estimate of drug-likeness (QED) is 0.447. The molecule has 0 aliphatic carbocycles. The Balaban J connectivity index is 1.47. The second-order valence-electron chi connectivity index (χ2n) is 6.21. The highest BCUT2D eigenvalue weighted by Gasteiger charge is 2.16. The van der Waals surface area contributed by atoms with Gasteiger partial charge in [-0.1, -0.05) is 30.3 Å². The van der Waals surface area contributed by atoms with Crippen molar-refractivity contribution < 1.29 is 4.79 Å². The Hall–Kier alpha value is -3.38. The number of para-hydroxylation sites is 1. The van der Waals surface area contributed by atoms with E-state index in [1.54, 1.807) is 12.5 Å². The fourth-order valence-electron chi connectivity index (χ4n) is 3.04. The van der Waals surface area contributed by atoms with Gasteiger partial charge in [0.2, 0.25) is 5.91 Å². The molecule has 130 valence electrons. The zero-order chi connectivity index (χ0) is 17.9. The molecule has 0 saturated carbocycles. The lowest BCUT2D eigenvalue weighted by Gasteiger charge is -2.12. The van der Waals surface area contributed by atoms with E-state index in [1.807, 2.05) is 54.7 Å². The number of hydrogen-bond donors (Lipinski definition) is 4. The number of carbonyl (C=O) groups is 1. The highest BCUT2D eigenvalue weighted by molar-refractivity contribution is 5.96. The Kier molecular flexibility index (Phi) is 4.25. The minimum absolute atomic E-state index is 0.211. The van der Waals surface area contributed by atoms with Gasteiger partial charge in [0.05, 0.1) is 24.3 Å². The molecule has 1 atom stereocenters. The van der Waals surface area contributed by atoms with Gasteiger partial charge in [0.15, 0.2) is 0 Å². The van der Waals surface area contributed by atoms with Crippen molar-refractivity contribution in [2.24, 2.45) is 5.73 Å². The van der Waals surface area contributed by atoms with Gasteiger partial charge in [-0.15, -0.1) is 0 Å². The van der Waals surface area contributed by atoms with E-state index < -0.39 is 6.04 Å². The van der Waals surface area contributed by atoms with Crippen LogP contribution < -0.4 is 11.1 Å². The Morgan fingerprint density at radius 3 is 2.88 bits per heavy atom. The monoisotopic (exact) mass is 345 g/mol. The van der Waals surface area contributed by atoms with Gasteiger partial charge in [-0.2, -0.15) is 0 Å². The number of aromatic amines is 2. The number of amides is 1. The van der Waals surface area contributed by atoms with Crippen molar-refractivity contribution in [3.63, 3.8) is 0 Å². The number of nitrogens with zero attached hydrogens (tertiary/aromatic N) is 1. The molecule has 0 unspecified atom stereocenters. The van der Waals surface area contributed by atoms with Gasteiger partial charge in [0, 0.05) is 28.4 Å². The van der Waals surface area contributed by atoms with Gasteiger partial charge in [-0.3, -0.25) is 4.79 Å². The summed E-state index contributed by atoms with van der Waals surface area (Å²) in [5.41, 5.74) is 10.8. The number of nitrogens with one attached hydrogen (secondary N) is 3. The Morgan fingerprint density at radius 2 is 2.04 bits per heavy atom. The molecule has 26 heavy (non-hydrogen) atoms. The maximum atomic E-state index is 12.5. The van der Waals surface area contributed by atoms with E-state index in [4.69, 9.17) is 5.73 Å². The number of rotatable bonds is 5. The summed E-state index contributed by atoms with van der Waals surface area (Å²) in [6.07, 6.45) is 5.74. The summed E-state index contributed by atoms with van der Waals surface area (Å²) in [6, 6.07) is 14.9. The number of carbonyl (C=O) groups excluding carboxylic acids is 1. The SMILES string of the molecule is N[C@@H](Cc1c[nH]c2ccccc12)C(=O)Nc1cccc(-c2cnc[nH]2)c1. The zero-order valence-electron chi connectivity index (χ0n) is 14.1. The summed E-state index contributed by atoms with van der Waals surface area (Å²) in [5, 5.41) is 3.99. The first-order valence-electron chi connectivity index (χ1n) is 8.41. The van der Waals surface area contributed by atoms with E-state index in [0.717, 1.165) is 27.7 Å². The smallest absolute Gasteiger partial charge is 0.241 e. The fourth-order valence-corrected chi connectivity index (χ4v) is 3.04. The highest BCUT2D eigenvalue weighted by Crippen LogP contribution is 2.21. The normalized spacial score (nSPS) is 12.2. The summed E-state index contributed by atoms with van der Waals surface area (Å²) in [4.78, 5) is 22.8. The molecule has 0 spiro atoms. The van der Waals surface area contributed by atoms with Crippen molar-refractivity contribution >= 4 is 22.5 Å². The number of aromatic nitrogens is 3. The molecule has 4 aromatic rings. The minimum atomic E-state index is -0.634. The van der Waals surface area contributed by atoms with E-state index in [0.29, 0.717) is 12.1 Å². The third kappa shape index (κ3) is 3.22. The van der Waals surface area contributed by atoms with Gasteiger partial charge in [0.25, 0.3) is 0 Å². The number of benzene rings is 2. The summed E-state index contributed by atoms with van der Waals surface area (Å²) in [7, 11) is 0. The van der Waals surface area contributed by atoms with Gasteiger partial charge in [-0.05, 0) is 30.2 Å². The number of imidazole rings is 1. The Labute approximate surface area is 150 Å². The van der Waals surface area contributed by atoms with Crippen molar-refractivity contribution in [3.05, 3.63) is 72.8 Å². The molecule has 0 radical (unpaired) electrons. The molecule has 0 aliphatic heterocycles. The number of fused-ring (bicyclic) bond motifs is 1. The van der Waals surface area contributed by atoms with Crippen LogP contribution in [-0.4, -0.2) is 26.9 Å². The maximum absolute atomic E-state index is 12.5. The van der Waals surface area contributed by atoms with E-state index in [1.165, 1.54) is 0 Å². The van der Waals surface area contributed by atoms with Gasteiger partial charge in [0.1, 0.15) is 0 Å². The van der Waals surface area contributed by atoms with Crippen LogP contribution in [0.1, 0.15) is 5.56 Å². The first-order valence-corrected chi connectivity index (χ1v) is 8.41. The molecular formula is C20H19N5O. The molecule has 6 nitrogen and oxygen atoms in total. The van der Waals surface area contributed by atoms with Crippen molar-refractivity contribution in [1.82, 2.24) is 15.0 Å². The molecule has 0 bridgehead atoms. The first-order chi connectivity index (χ1) is 12.7. The van der Waals surface area contributed by atoms with Crippen molar-refractivity contribution in [2.75, 3.05) is 5.32 Å². The summed E-state index contributed by atoms with van der Waals surface area (Å²) in [6.45, 7) is 0.